The highest BCUT2D eigenvalue weighted by Crippen LogP contribution is 2.37. The van der Waals surface area contributed by atoms with Gasteiger partial charge in [-0.15, -0.1) is 0 Å². The standard InChI is InChI=1S/C15H21BFNO5S/c1-3-23-14(19)15(8-10-18(11-9-15)16(2)20)24(21,22)13-6-4-12(17)5-7-13/h4-7,20H,3,8-11H2,1-2H3. The van der Waals surface area contributed by atoms with Crippen LogP contribution in [-0.4, -0.2) is 55.7 Å². The minimum absolute atomic E-state index is 0.0104. The lowest BCUT2D eigenvalue weighted by Gasteiger charge is -2.39. The van der Waals surface area contributed by atoms with Gasteiger partial charge in [0.2, 0.25) is 0 Å². The van der Waals surface area contributed by atoms with Crippen molar-refractivity contribution in [2.75, 3.05) is 19.7 Å². The van der Waals surface area contributed by atoms with E-state index in [0.717, 1.165) is 24.3 Å². The molecule has 1 aliphatic rings. The van der Waals surface area contributed by atoms with E-state index in [-0.39, 0.29) is 37.4 Å². The van der Waals surface area contributed by atoms with Crippen molar-refractivity contribution < 1.29 is 27.4 Å². The molecule has 1 N–H and O–H groups in total. The zero-order valence-electron chi connectivity index (χ0n) is 13.7. The van der Waals surface area contributed by atoms with Gasteiger partial charge in [0, 0.05) is 0 Å². The Morgan fingerprint density at radius 1 is 1.33 bits per heavy atom. The monoisotopic (exact) mass is 357 g/mol. The number of sulfone groups is 1. The molecule has 1 aromatic rings. The van der Waals surface area contributed by atoms with Gasteiger partial charge in [-0.1, -0.05) is 0 Å². The Morgan fingerprint density at radius 2 is 1.88 bits per heavy atom. The topological polar surface area (TPSA) is 83.9 Å². The van der Waals surface area contributed by atoms with E-state index in [1.807, 2.05) is 0 Å². The molecule has 0 radical (unpaired) electrons. The SMILES string of the molecule is CCOC(=O)C1(S(=O)(=O)c2ccc(F)cc2)CCN(B(C)O)CC1. The molecule has 6 nitrogen and oxygen atoms in total. The Hall–Kier alpha value is -1.45. The number of hydrogen-bond donors (Lipinski definition) is 1. The first kappa shape index (κ1) is 18.9. The van der Waals surface area contributed by atoms with Crippen LogP contribution < -0.4 is 0 Å². The molecule has 9 heteroatoms. The lowest BCUT2D eigenvalue weighted by molar-refractivity contribution is -0.147. The number of ether oxygens (including phenoxy) is 1. The second kappa shape index (κ2) is 7.20. The molecule has 0 saturated carbocycles. The molecule has 2 rings (SSSR count). The van der Waals surface area contributed by atoms with Crippen molar-refractivity contribution in [3.63, 3.8) is 0 Å². The lowest BCUT2D eigenvalue weighted by Crippen LogP contribution is -2.57. The normalized spacial score (nSPS) is 18.2. The Balaban J connectivity index is 2.43. The number of piperidine rings is 1. The minimum atomic E-state index is -4.06. The van der Waals surface area contributed by atoms with Crippen LogP contribution in [0.3, 0.4) is 0 Å². The molecule has 1 fully saturated rings. The van der Waals surface area contributed by atoms with Crippen molar-refractivity contribution >= 4 is 22.9 Å². The maximum atomic E-state index is 13.1. The van der Waals surface area contributed by atoms with E-state index < -0.39 is 33.4 Å². The van der Waals surface area contributed by atoms with Crippen LogP contribution in [0, 0.1) is 5.82 Å². The number of esters is 1. The van der Waals surface area contributed by atoms with Gasteiger partial charge in [-0.05, 0) is 63.9 Å². The van der Waals surface area contributed by atoms with Crippen LogP contribution >= 0.6 is 0 Å². The largest absolute Gasteiger partial charge is 0.465 e. The van der Waals surface area contributed by atoms with Crippen molar-refractivity contribution in [2.45, 2.75) is 36.2 Å². The summed E-state index contributed by atoms with van der Waals surface area (Å²) in [4.78, 5) is 14.1. The molecule has 1 heterocycles. The summed E-state index contributed by atoms with van der Waals surface area (Å²) in [5.74, 6) is -1.34. The van der Waals surface area contributed by atoms with Crippen LogP contribution in [0.25, 0.3) is 0 Å². The van der Waals surface area contributed by atoms with Gasteiger partial charge in [-0.2, -0.15) is 0 Å². The third kappa shape index (κ3) is 3.33. The summed E-state index contributed by atoms with van der Waals surface area (Å²) >= 11 is 0. The molecule has 0 spiro atoms. The summed E-state index contributed by atoms with van der Waals surface area (Å²) in [6, 6.07) is 4.42. The quantitative estimate of drug-likeness (QED) is 0.483. The van der Waals surface area contributed by atoms with E-state index in [1.165, 1.54) is 0 Å². The number of halogens is 1. The van der Waals surface area contributed by atoms with E-state index in [4.69, 9.17) is 4.74 Å². The highest BCUT2D eigenvalue weighted by molar-refractivity contribution is 7.93. The van der Waals surface area contributed by atoms with Gasteiger partial charge in [0.1, 0.15) is 5.82 Å². The Kier molecular flexibility index (Phi) is 5.67. The molecule has 1 saturated heterocycles. The van der Waals surface area contributed by atoms with Crippen molar-refractivity contribution in [2.24, 2.45) is 0 Å². The predicted molar refractivity (Wildman–Crippen MR) is 87.6 cm³/mol. The van der Waals surface area contributed by atoms with E-state index in [0.29, 0.717) is 0 Å². The molecule has 132 valence electrons. The fourth-order valence-corrected chi connectivity index (χ4v) is 4.89. The zero-order chi connectivity index (χ0) is 18.0. The van der Waals surface area contributed by atoms with Gasteiger partial charge < -0.3 is 14.6 Å². The van der Waals surface area contributed by atoms with Gasteiger partial charge >= 0.3 is 13.0 Å². The van der Waals surface area contributed by atoms with Crippen molar-refractivity contribution in [3.05, 3.63) is 30.1 Å². The summed E-state index contributed by atoms with van der Waals surface area (Å²) in [6.45, 7) is 3.76. The van der Waals surface area contributed by atoms with E-state index in [2.05, 4.69) is 0 Å². The van der Waals surface area contributed by atoms with Crippen molar-refractivity contribution in [1.82, 2.24) is 4.81 Å². The van der Waals surface area contributed by atoms with Gasteiger partial charge in [0.05, 0.1) is 11.5 Å². The number of carbonyl (C=O) groups excluding carboxylic acids is 1. The van der Waals surface area contributed by atoms with E-state index in [1.54, 1.807) is 18.6 Å². The molecule has 0 atom stereocenters. The zero-order valence-corrected chi connectivity index (χ0v) is 14.6. The molecule has 0 aromatic heterocycles. The number of benzene rings is 1. The molecule has 24 heavy (non-hydrogen) atoms. The predicted octanol–water partition coefficient (Wildman–Crippen LogP) is 1.11. The highest BCUT2D eigenvalue weighted by atomic mass is 32.2. The van der Waals surface area contributed by atoms with Gasteiger partial charge in [0.25, 0.3) is 0 Å². The summed E-state index contributed by atoms with van der Waals surface area (Å²) < 4.78 is 42.7. The van der Waals surface area contributed by atoms with Gasteiger partial charge in [-0.3, -0.25) is 4.79 Å². The molecular weight excluding hydrogens is 336 g/mol. The summed E-state index contributed by atoms with van der Waals surface area (Å²) in [5.41, 5.74) is 0. The second-order valence-electron chi connectivity index (χ2n) is 5.84. The van der Waals surface area contributed by atoms with Crippen molar-refractivity contribution in [3.8, 4) is 0 Å². The molecule has 0 unspecified atom stereocenters. The second-order valence-corrected chi connectivity index (χ2v) is 8.10. The van der Waals surface area contributed by atoms with Crippen LogP contribution in [0.4, 0.5) is 4.39 Å². The third-order valence-electron chi connectivity index (χ3n) is 4.42. The number of carbonyl (C=O) groups is 1. The van der Waals surface area contributed by atoms with Crippen LogP contribution in [0.1, 0.15) is 19.8 Å². The maximum Gasteiger partial charge on any atom is 0.376 e. The maximum absolute atomic E-state index is 13.1. The first-order valence-corrected chi connectivity index (χ1v) is 9.32. The molecule has 1 aromatic carbocycles. The number of nitrogens with zero attached hydrogens (tertiary/aromatic N) is 1. The van der Waals surface area contributed by atoms with Gasteiger partial charge in [0.15, 0.2) is 14.6 Å². The summed E-state index contributed by atoms with van der Waals surface area (Å²) in [6.07, 6.45) is 0.0207. The smallest absolute Gasteiger partial charge is 0.376 e. The Morgan fingerprint density at radius 3 is 2.33 bits per heavy atom. The Labute approximate surface area is 141 Å². The first-order valence-electron chi connectivity index (χ1n) is 7.84. The molecule has 0 aliphatic carbocycles. The highest BCUT2D eigenvalue weighted by Gasteiger charge is 2.54. The van der Waals surface area contributed by atoms with Crippen LogP contribution in [0.5, 0.6) is 0 Å². The average Bonchev–Trinajstić information content (AvgIpc) is 2.55. The lowest BCUT2D eigenvalue weighted by atomic mass is 9.80. The average molecular weight is 357 g/mol. The fraction of sp³-hybridized carbons (Fsp3) is 0.533. The van der Waals surface area contributed by atoms with Crippen LogP contribution in [0.2, 0.25) is 6.82 Å². The van der Waals surface area contributed by atoms with Crippen molar-refractivity contribution in [1.29, 1.82) is 0 Å². The van der Waals surface area contributed by atoms with E-state index >= 15 is 0 Å². The summed E-state index contributed by atoms with van der Waals surface area (Å²) in [5, 5.41) is 9.66. The van der Waals surface area contributed by atoms with Gasteiger partial charge in [-0.25, -0.2) is 12.8 Å². The fourth-order valence-electron chi connectivity index (χ4n) is 2.94. The number of hydrogen-bond acceptors (Lipinski definition) is 6. The molecule has 0 bridgehead atoms. The van der Waals surface area contributed by atoms with Crippen LogP contribution in [-0.2, 0) is 19.4 Å². The van der Waals surface area contributed by atoms with E-state index in [9.17, 15) is 22.6 Å². The summed E-state index contributed by atoms with van der Waals surface area (Å²) in [7, 11) is -4.78. The molecule has 1 aliphatic heterocycles. The first-order chi connectivity index (χ1) is 11.2. The molecular formula is C15H21BFNO5S. The molecule has 0 amide bonds. The number of rotatable bonds is 5. The third-order valence-corrected chi connectivity index (χ3v) is 6.92. The Bertz CT molecular complexity index is 684. The van der Waals surface area contributed by atoms with Crippen LogP contribution in [0.15, 0.2) is 29.2 Å². The minimum Gasteiger partial charge on any atom is -0.465 e.